The monoisotopic (exact) mass is 366 g/mol. The fourth-order valence-electron chi connectivity index (χ4n) is 2.66. The maximum atomic E-state index is 12.5. The van der Waals surface area contributed by atoms with Crippen LogP contribution in [0.2, 0.25) is 0 Å². The van der Waals surface area contributed by atoms with Crippen molar-refractivity contribution in [2.45, 2.75) is 33.1 Å². The average molecular weight is 366 g/mol. The van der Waals surface area contributed by atoms with E-state index in [0.29, 0.717) is 26.2 Å². The number of aromatic nitrogens is 2. The van der Waals surface area contributed by atoms with Crippen LogP contribution in [-0.4, -0.2) is 66.8 Å². The number of rotatable bonds is 6. The summed E-state index contributed by atoms with van der Waals surface area (Å²) in [6.07, 6.45) is 0.188. The largest absolute Gasteiger partial charge is 0.354 e. The second-order valence-electron chi connectivity index (χ2n) is 6.50. The minimum absolute atomic E-state index is 0.188. The van der Waals surface area contributed by atoms with Crippen molar-refractivity contribution < 1.29 is 8.42 Å². The summed E-state index contributed by atoms with van der Waals surface area (Å²) in [5, 5.41) is 8.63. The Kier molecular flexibility index (Phi) is 6.32. The molecule has 0 unspecified atom stereocenters. The summed E-state index contributed by atoms with van der Waals surface area (Å²) in [5.41, 5.74) is 0.917. The Morgan fingerprint density at radius 3 is 2.48 bits per heavy atom. The van der Waals surface area contributed by atoms with E-state index in [1.165, 1.54) is 15.7 Å². The van der Waals surface area contributed by atoms with Gasteiger partial charge in [0.1, 0.15) is 11.6 Å². The Labute approximate surface area is 150 Å². The van der Waals surface area contributed by atoms with Crippen LogP contribution in [0.25, 0.3) is 0 Å². The van der Waals surface area contributed by atoms with Crippen molar-refractivity contribution in [1.29, 1.82) is 5.26 Å². The zero-order valence-corrected chi connectivity index (χ0v) is 16.1. The molecular weight excluding hydrogens is 340 g/mol. The molecule has 138 valence electrons. The second-order valence-corrected chi connectivity index (χ2v) is 8.54. The second kappa shape index (κ2) is 8.08. The van der Waals surface area contributed by atoms with Gasteiger partial charge in [0.2, 0.25) is 0 Å². The van der Waals surface area contributed by atoms with Crippen molar-refractivity contribution >= 4 is 16.0 Å². The van der Waals surface area contributed by atoms with Gasteiger partial charge >= 0.3 is 0 Å². The topological polar surface area (TPSA) is 93.4 Å². The smallest absolute Gasteiger partial charge is 0.281 e. The van der Waals surface area contributed by atoms with Crippen LogP contribution in [0, 0.1) is 18.3 Å². The van der Waals surface area contributed by atoms with Crippen LogP contribution >= 0.6 is 0 Å². The molecule has 0 spiro atoms. The normalized spacial score (nSPS) is 16.4. The van der Waals surface area contributed by atoms with Gasteiger partial charge in [0, 0.05) is 63.9 Å². The van der Waals surface area contributed by atoms with Crippen LogP contribution in [0.4, 0.5) is 5.82 Å². The Hall–Kier alpha value is -1.76. The number of anilines is 1. The number of hydrogen-bond acceptors (Lipinski definition) is 6. The molecule has 0 atom stereocenters. The van der Waals surface area contributed by atoms with Crippen molar-refractivity contribution in [3.8, 4) is 6.07 Å². The summed E-state index contributed by atoms with van der Waals surface area (Å²) in [6, 6.07) is 3.91. The van der Waals surface area contributed by atoms with Gasteiger partial charge in [0.25, 0.3) is 10.2 Å². The van der Waals surface area contributed by atoms with E-state index in [1.54, 1.807) is 0 Å². The van der Waals surface area contributed by atoms with E-state index >= 15 is 0 Å². The van der Waals surface area contributed by atoms with Crippen molar-refractivity contribution in [3.63, 3.8) is 0 Å². The van der Waals surface area contributed by atoms with Gasteiger partial charge in [-0.15, -0.1) is 0 Å². The Balaban J connectivity index is 2.06. The fraction of sp³-hybridized carbons (Fsp3) is 0.688. The van der Waals surface area contributed by atoms with E-state index < -0.39 is 10.2 Å². The summed E-state index contributed by atoms with van der Waals surface area (Å²) in [5.74, 6) is 1.90. The van der Waals surface area contributed by atoms with E-state index in [2.05, 4.69) is 28.7 Å². The lowest BCUT2D eigenvalue weighted by Crippen LogP contribution is -2.52. The van der Waals surface area contributed by atoms with Gasteiger partial charge in [0.05, 0.1) is 6.07 Å². The van der Waals surface area contributed by atoms with E-state index in [4.69, 9.17) is 5.26 Å². The average Bonchev–Trinajstić information content (AvgIpc) is 2.59. The predicted molar refractivity (Wildman–Crippen MR) is 96.4 cm³/mol. The van der Waals surface area contributed by atoms with Crippen molar-refractivity contribution in [2.24, 2.45) is 0 Å². The predicted octanol–water partition coefficient (Wildman–Crippen LogP) is 1.12. The lowest BCUT2D eigenvalue weighted by molar-refractivity contribution is 0.343. The van der Waals surface area contributed by atoms with Crippen LogP contribution in [0.1, 0.15) is 37.7 Å². The van der Waals surface area contributed by atoms with Crippen molar-refractivity contribution in [1.82, 2.24) is 18.6 Å². The molecule has 0 saturated carbocycles. The molecule has 0 aliphatic carbocycles. The number of piperazine rings is 1. The van der Waals surface area contributed by atoms with Gasteiger partial charge in [0.15, 0.2) is 0 Å². The summed E-state index contributed by atoms with van der Waals surface area (Å²) < 4.78 is 27.8. The van der Waals surface area contributed by atoms with Gasteiger partial charge in [-0.25, -0.2) is 9.97 Å². The molecule has 2 heterocycles. The number of hydrogen-bond donors (Lipinski definition) is 0. The molecule has 9 heteroatoms. The SMILES string of the molecule is Cc1cc(N2CCN(S(=O)(=O)N(C)CCC#N)CC2)nc(C(C)C)n1. The highest BCUT2D eigenvalue weighted by Gasteiger charge is 2.30. The third-order valence-electron chi connectivity index (χ3n) is 4.20. The van der Waals surface area contributed by atoms with Crippen LogP contribution in [0.5, 0.6) is 0 Å². The maximum absolute atomic E-state index is 12.5. The highest BCUT2D eigenvalue weighted by Crippen LogP contribution is 2.20. The maximum Gasteiger partial charge on any atom is 0.281 e. The molecule has 2 rings (SSSR count). The summed E-state index contributed by atoms with van der Waals surface area (Å²) in [4.78, 5) is 11.2. The van der Waals surface area contributed by atoms with Crippen LogP contribution in [0.3, 0.4) is 0 Å². The highest BCUT2D eigenvalue weighted by molar-refractivity contribution is 7.86. The molecule has 0 N–H and O–H groups in total. The minimum atomic E-state index is -3.51. The van der Waals surface area contributed by atoms with Gasteiger partial charge in [-0.3, -0.25) is 0 Å². The summed E-state index contributed by atoms with van der Waals surface area (Å²) in [7, 11) is -2.00. The van der Waals surface area contributed by atoms with Gasteiger partial charge in [-0.2, -0.15) is 22.3 Å². The Morgan fingerprint density at radius 1 is 1.28 bits per heavy atom. The number of nitriles is 1. The standard InChI is InChI=1S/C16H26N6O2S/c1-13(2)16-18-14(3)12-15(19-16)21-8-10-22(11-9-21)25(23,24)20(4)7-5-6-17/h12-13H,5,7-11H2,1-4H3. The molecule has 1 aromatic heterocycles. The van der Waals surface area contributed by atoms with Crippen molar-refractivity contribution in [3.05, 3.63) is 17.6 Å². The minimum Gasteiger partial charge on any atom is -0.354 e. The van der Waals surface area contributed by atoms with Crippen LogP contribution < -0.4 is 4.90 Å². The quantitative estimate of drug-likeness (QED) is 0.749. The third-order valence-corrected chi connectivity index (χ3v) is 6.18. The lowest BCUT2D eigenvalue weighted by Gasteiger charge is -2.36. The molecule has 0 amide bonds. The molecule has 1 aliphatic heterocycles. The summed E-state index contributed by atoms with van der Waals surface area (Å²) >= 11 is 0. The molecule has 0 aromatic carbocycles. The highest BCUT2D eigenvalue weighted by atomic mass is 32.2. The van der Waals surface area contributed by atoms with E-state index in [0.717, 1.165) is 17.3 Å². The van der Waals surface area contributed by atoms with Crippen LogP contribution in [-0.2, 0) is 10.2 Å². The molecule has 1 fully saturated rings. The lowest BCUT2D eigenvalue weighted by atomic mass is 10.2. The summed E-state index contributed by atoms with van der Waals surface area (Å²) in [6.45, 7) is 8.24. The van der Waals surface area contributed by atoms with E-state index in [9.17, 15) is 8.42 Å². The first-order valence-electron chi connectivity index (χ1n) is 8.44. The molecule has 1 aliphatic rings. The van der Waals surface area contributed by atoms with Crippen LogP contribution in [0.15, 0.2) is 6.07 Å². The fourth-order valence-corrected chi connectivity index (χ4v) is 4.00. The van der Waals surface area contributed by atoms with Gasteiger partial charge in [-0.1, -0.05) is 13.8 Å². The molecule has 1 saturated heterocycles. The molecule has 25 heavy (non-hydrogen) atoms. The van der Waals surface area contributed by atoms with E-state index in [1.807, 2.05) is 19.1 Å². The third kappa shape index (κ3) is 4.66. The zero-order valence-electron chi connectivity index (χ0n) is 15.3. The number of aryl methyl sites for hydroxylation is 1. The molecule has 8 nitrogen and oxygen atoms in total. The molecule has 0 radical (unpaired) electrons. The molecule has 0 bridgehead atoms. The number of nitrogens with zero attached hydrogens (tertiary/aromatic N) is 6. The first-order chi connectivity index (χ1) is 11.8. The molecule has 1 aromatic rings. The first kappa shape index (κ1) is 19.6. The molecular formula is C16H26N6O2S. The Bertz CT molecular complexity index is 735. The van der Waals surface area contributed by atoms with E-state index in [-0.39, 0.29) is 18.9 Å². The van der Waals surface area contributed by atoms with Gasteiger partial charge in [-0.05, 0) is 6.92 Å². The van der Waals surface area contributed by atoms with Crippen molar-refractivity contribution in [2.75, 3.05) is 44.7 Å². The zero-order chi connectivity index (χ0) is 18.6. The Morgan fingerprint density at radius 2 is 1.92 bits per heavy atom. The van der Waals surface area contributed by atoms with Gasteiger partial charge < -0.3 is 4.90 Å². The first-order valence-corrected chi connectivity index (χ1v) is 9.84.